The van der Waals surface area contributed by atoms with Gasteiger partial charge in [-0.05, 0) is 26.0 Å². The lowest BCUT2D eigenvalue weighted by molar-refractivity contribution is 0.568. The molecule has 0 amide bonds. The van der Waals surface area contributed by atoms with Crippen LogP contribution in [-0.2, 0) is 0 Å². The maximum absolute atomic E-state index is 5.33. The molecule has 10 heavy (non-hydrogen) atoms. The average Bonchev–Trinajstić information content (AvgIpc) is 2.21. The fourth-order valence-corrected chi connectivity index (χ4v) is 1.19. The molecule has 2 aromatic heterocycles. The predicted octanol–water partition coefficient (Wildman–Crippen LogP) is 2.38. The third-order valence-electron chi connectivity index (χ3n) is 1.57. The molecule has 0 aliphatic rings. The van der Waals surface area contributed by atoms with E-state index in [2.05, 4.69) is 11.1 Å². The fourth-order valence-electron chi connectivity index (χ4n) is 1.19. The predicted molar refractivity (Wildman–Crippen MR) is 40.0 cm³/mol. The molecule has 0 aliphatic heterocycles. The van der Waals surface area contributed by atoms with E-state index in [1.165, 1.54) is 0 Å². The highest BCUT2D eigenvalue weighted by molar-refractivity contribution is 5.75. The number of H-pyrrole nitrogens is 1. The summed E-state index contributed by atoms with van der Waals surface area (Å²) in [5, 5.41) is 1.16. The van der Waals surface area contributed by atoms with E-state index in [1.807, 2.05) is 19.9 Å². The molecule has 0 atom stereocenters. The number of aromatic amines is 1. The minimum Gasteiger partial charge on any atom is -0.445 e. The number of aromatic nitrogens is 1. The zero-order valence-electron chi connectivity index (χ0n) is 6.06. The summed E-state index contributed by atoms with van der Waals surface area (Å²) in [5.41, 5.74) is 2.03. The van der Waals surface area contributed by atoms with Crippen molar-refractivity contribution in [2.45, 2.75) is 13.8 Å². The minimum absolute atomic E-state index is 0.884. The SMILES string of the molecule is Cc1cc2cc(C)oc2[nH]1. The Morgan fingerprint density at radius 2 is 2.10 bits per heavy atom. The van der Waals surface area contributed by atoms with Crippen molar-refractivity contribution < 1.29 is 4.42 Å². The molecule has 52 valence electrons. The van der Waals surface area contributed by atoms with E-state index < -0.39 is 0 Å². The first-order chi connectivity index (χ1) is 4.75. The van der Waals surface area contributed by atoms with E-state index in [9.17, 15) is 0 Å². The Kier molecular flexibility index (Phi) is 0.926. The average molecular weight is 135 g/mol. The van der Waals surface area contributed by atoms with Crippen LogP contribution in [0.25, 0.3) is 11.1 Å². The van der Waals surface area contributed by atoms with Crippen LogP contribution in [0.4, 0.5) is 0 Å². The summed E-state index contributed by atoms with van der Waals surface area (Å²) in [7, 11) is 0. The normalized spacial score (nSPS) is 11.0. The third kappa shape index (κ3) is 0.652. The molecular weight excluding hydrogens is 126 g/mol. The monoisotopic (exact) mass is 135 g/mol. The smallest absolute Gasteiger partial charge is 0.204 e. The molecule has 2 nitrogen and oxygen atoms in total. The second-order valence-electron chi connectivity index (χ2n) is 2.59. The van der Waals surface area contributed by atoms with Gasteiger partial charge in [0, 0.05) is 11.1 Å². The molecule has 0 spiro atoms. The van der Waals surface area contributed by atoms with Gasteiger partial charge < -0.3 is 9.40 Å². The number of furan rings is 1. The Bertz CT molecular complexity index is 293. The maximum atomic E-state index is 5.33. The first-order valence-corrected chi connectivity index (χ1v) is 3.31. The van der Waals surface area contributed by atoms with Gasteiger partial charge in [0.1, 0.15) is 5.76 Å². The first-order valence-electron chi connectivity index (χ1n) is 3.31. The third-order valence-corrected chi connectivity index (χ3v) is 1.57. The molecular formula is C8H9NO. The van der Waals surface area contributed by atoms with Crippen LogP contribution >= 0.6 is 0 Å². The van der Waals surface area contributed by atoms with Crippen molar-refractivity contribution in [3.8, 4) is 0 Å². The van der Waals surface area contributed by atoms with Gasteiger partial charge in [0.15, 0.2) is 0 Å². The van der Waals surface area contributed by atoms with E-state index in [1.54, 1.807) is 0 Å². The van der Waals surface area contributed by atoms with E-state index in [-0.39, 0.29) is 0 Å². The summed E-state index contributed by atoms with van der Waals surface area (Å²) in [6.45, 7) is 3.97. The Morgan fingerprint density at radius 1 is 1.30 bits per heavy atom. The van der Waals surface area contributed by atoms with Crippen LogP contribution in [0.3, 0.4) is 0 Å². The van der Waals surface area contributed by atoms with E-state index in [4.69, 9.17) is 4.42 Å². The van der Waals surface area contributed by atoms with E-state index in [0.29, 0.717) is 0 Å². The van der Waals surface area contributed by atoms with Gasteiger partial charge in [-0.1, -0.05) is 0 Å². The standard InChI is InChI=1S/C8H9NO/c1-5-3-7-4-6(2)10-8(7)9-5/h3-4,9H,1-2H3. The number of nitrogens with one attached hydrogen (secondary N) is 1. The van der Waals surface area contributed by atoms with Gasteiger partial charge in [0.2, 0.25) is 5.71 Å². The molecule has 0 bridgehead atoms. The molecule has 2 heterocycles. The Labute approximate surface area is 58.8 Å². The molecule has 0 aliphatic carbocycles. The van der Waals surface area contributed by atoms with Crippen molar-refractivity contribution in [1.29, 1.82) is 0 Å². The van der Waals surface area contributed by atoms with Crippen LogP contribution in [0.1, 0.15) is 11.5 Å². The lowest BCUT2D eigenvalue weighted by atomic mass is 10.3. The van der Waals surface area contributed by atoms with Crippen LogP contribution in [0.5, 0.6) is 0 Å². The highest BCUT2D eigenvalue weighted by Gasteiger charge is 2.00. The molecule has 0 unspecified atom stereocenters. The van der Waals surface area contributed by atoms with Crippen LogP contribution in [-0.4, -0.2) is 4.98 Å². The van der Waals surface area contributed by atoms with Crippen molar-refractivity contribution in [1.82, 2.24) is 4.98 Å². The van der Waals surface area contributed by atoms with Crippen molar-refractivity contribution in [3.63, 3.8) is 0 Å². The molecule has 0 aromatic carbocycles. The van der Waals surface area contributed by atoms with Crippen molar-refractivity contribution in [3.05, 3.63) is 23.6 Å². The molecule has 0 saturated carbocycles. The summed E-state index contributed by atoms with van der Waals surface area (Å²) in [4.78, 5) is 3.11. The second kappa shape index (κ2) is 1.66. The van der Waals surface area contributed by atoms with Gasteiger partial charge in [-0.2, -0.15) is 0 Å². The van der Waals surface area contributed by atoms with Crippen molar-refractivity contribution >= 4 is 11.1 Å². The second-order valence-corrected chi connectivity index (χ2v) is 2.59. The lowest BCUT2D eigenvalue weighted by Crippen LogP contribution is -1.64. The topological polar surface area (TPSA) is 28.9 Å². The first kappa shape index (κ1) is 5.59. The van der Waals surface area contributed by atoms with E-state index in [0.717, 1.165) is 22.6 Å². The highest BCUT2D eigenvalue weighted by atomic mass is 16.3. The largest absolute Gasteiger partial charge is 0.445 e. The molecule has 2 aromatic rings. The molecule has 0 fully saturated rings. The zero-order chi connectivity index (χ0) is 7.14. The van der Waals surface area contributed by atoms with E-state index >= 15 is 0 Å². The van der Waals surface area contributed by atoms with Crippen LogP contribution < -0.4 is 0 Å². The highest BCUT2D eigenvalue weighted by Crippen LogP contribution is 2.18. The summed E-state index contributed by atoms with van der Waals surface area (Å²) < 4.78 is 5.33. The van der Waals surface area contributed by atoms with Gasteiger partial charge in [0.05, 0.1) is 0 Å². The number of hydrogen-bond acceptors (Lipinski definition) is 1. The van der Waals surface area contributed by atoms with Crippen LogP contribution in [0, 0.1) is 13.8 Å². The Hall–Kier alpha value is -1.18. The maximum Gasteiger partial charge on any atom is 0.204 e. The summed E-state index contributed by atoms with van der Waals surface area (Å²) in [6.07, 6.45) is 0. The number of aryl methyl sites for hydroxylation is 2. The molecule has 2 rings (SSSR count). The summed E-state index contributed by atoms with van der Waals surface area (Å²) in [5.74, 6) is 0.959. The number of rotatable bonds is 0. The minimum atomic E-state index is 0.884. The molecule has 2 heteroatoms. The van der Waals surface area contributed by atoms with Crippen molar-refractivity contribution in [2.24, 2.45) is 0 Å². The quantitative estimate of drug-likeness (QED) is 0.590. The Balaban J connectivity index is 2.83. The summed E-state index contributed by atoms with van der Waals surface area (Å²) >= 11 is 0. The number of fused-ring (bicyclic) bond motifs is 1. The van der Waals surface area contributed by atoms with Crippen LogP contribution in [0.2, 0.25) is 0 Å². The molecule has 0 saturated heterocycles. The van der Waals surface area contributed by atoms with Gasteiger partial charge >= 0.3 is 0 Å². The Morgan fingerprint density at radius 3 is 2.80 bits per heavy atom. The van der Waals surface area contributed by atoms with Crippen LogP contribution in [0.15, 0.2) is 16.5 Å². The van der Waals surface area contributed by atoms with Gasteiger partial charge in [-0.25, -0.2) is 0 Å². The summed E-state index contributed by atoms with van der Waals surface area (Å²) in [6, 6.07) is 4.10. The van der Waals surface area contributed by atoms with Gasteiger partial charge in [0.25, 0.3) is 0 Å². The molecule has 0 radical (unpaired) electrons. The fraction of sp³-hybridized carbons (Fsp3) is 0.250. The number of hydrogen-bond donors (Lipinski definition) is 1. The zero-order valence-corrected chi connectivity index (χ0v) is 6.06. The lowest BCUT2D eigenvalue weighted by Gasteiger charge is -1.79. The van der Waals surface area contributed by atoms with Crippen molar-refractivity contribution in [2.75, 3.05) is 0 Å². The van der Waals surface area contributed by atoms with Gasteiger partial charge in [-0.3, -0.25) is 0 Å². The molecule has 1 N–H and O–H groups in total. The van der Waals surface area contributed by atoms with Gasteiger partial charge in [-0.15, -0.1) is 0 Å².